The van der Waals surface area contributed by atoms with Gasteiger partial charge in [0.15, 0.2) is 0 Å². The van der Waals surface area contributed by atoms with Gasteiger partial charge in [0.05, 0.1) is 6.61 Å². The highest BCUT2D eigenvalue weighted by Crippen LogP contribution is 2.28. The average Bonchev–Trinajstić information content (AvgIpc) is 2.69. The molecule has 1 fully saturated rings. The quantitative estimate of drug-likeness (QED) is 0.804. The zero-order valence-corrected chi connectivity index (χ0v) is 9.49. The molecule has 0 aromatic heterocycles. The highest BCUT2D eigenvalue weighted by molar-refractivity contribution is 5.33. The van der Waals surface area contributed by atoms with Crippen LogP contribution in [-0.4, -0.2) is 13.2 Å². The molecule has 0 saturated carbocycles. The lowest BCUT2D eigenvalue weighted by molar-refractivity contribution is 0.181. The minimum Gasteiger partial charge on any atom is -0.381 e. The lowest BCUT2D eigenvalue weighted by Gasteiger charge is -2.20. The van der Waals surface area contributed by atoms with Crippen molar-refractivity contribution < 1.29 is 4.74 Å². The molecule has 15 heavy (non-hydrogen) atoms. The number of ether oxygens (including phenoxy) is 1. The molecule has 1 aromatic carbocycles. The molecule has 2 unspecified atom stereocenters. The van der Waals surface area contributed by atoms with Gasteiger partial charge in [0.1, 0.15) is 0 Å². The molecule has 1 aliphatic heterocycles. The molecule has 1 aromatic rings. The van der Waals surface area contributed by atoms with Gasteiger partial charge in [0.25, 0.3) is 0 Å². The number of rotatable bonds is 2. The molecule has 2 N–H and O–H groups in total. The van der Waals surface area contributed by atoms with Gasteiger partial charge in [-0.3, -0.25) is 0 Å². The van der Waals surface area contributed by atoms with Crippen molar-refractivity contribution in [1.29, 1.82) is 0 Å². The molecule has 1 saturated heterocycles. The number of benzene rings is 1. The predicted octanol–water partition coefficient (Wildman–Crippen LogP) is 2.34. The molecule has 82 valence electrons. The van der Waals surface area contributed by atoms with E-state index in [4.69, 9.17) is 10.5 Å². The number of aryl methyl sites for hydroxylation is 2. The van der Waals surface area contributed by atoms with Crippen molar-refractivity contribution >= 4 is 0 Å². The van der Waals surface area contributed by atoms with Crippen LogP contribution in [0, 0.1) is 19.8 Å². The third-order valence-electron chi connectivity index (χ3n) is 3.26. The summed E-state index contributed by atoms with van der Waals surface area (Å²) in [6.45, 7) is 5.93. The topological polar surface area (TPSA) is 35.2 Å². The second kappa shape index (κ2) is 4.33. The third kappa shape index (κ3) is 2.21. The van der Waals surface area contributed by atoms with E-state index >= 15 is 0 Å². The monoisotopic (exact) mass is 205 g/mol. The summed E-state index contributed by atoms with van der Waals surface area (Å²) in [5, 5.41) is 0. The van der Waals surface area contributed by atoms with Gasteiger partial charge >= 0.3 is 0 Å². The minimum absolute atomic E-state index is 0.132. The fourth-order valence-corrected chi connectivity index (χ4v) is 2.29. The summed E-state index contributed by atoms with van der Waals surface area (Å²) in [6, 6.07) is 6.63. The molecular weight excluding hydrogens is 186 g/mol. The van der Waals surface area contributed by atoms with E-state index in [0.717, 1.165) is 19.6 Å². The zero-order chi connectivity index (χ0) is 10.8. The van der Waals surface area contributed by atoms with Crippen LogP contribution in [0.5, 0.6) is 0 Å². The van der Waals surface area contributed by atoms with Crippen LogP contribution in [0.3, 0.4) is 0 Å². The van der Waals surface area contributed by atoms with Crippen LogP contribution in [0.1, 0.15) is 29.2 Å². The Kier molecular flexibility index (Phi) is 3.08. The van der Waals surface area contributed by atoms with Crippen molar-refractivity contribution in [2.75, 3.05) is 13.2 Å². The summed E-state index contributed by atoms with van der Waals surface area (Å²) >= 11 is 0. The highest BCUT2D eigenvalue weighted by atomic mass is 16.5. The van der Waals surface area contributed by atoms with Crippen molar-refractivity contribution in [3.63, 3.8) is 0 Å². The minimum atomic E-state index is 0.132. The van der Waals surface area contributed by atoms with E-state index in [-0.39, 0.29) is 6.04 Å². The van der Waals surface area contributed by atoms with E-state index in [0.29, 0.717) is 5.92 Å². The molecule has 0 radical (unpaired) electrons. The summed E-state index contributed by atoms with van der Waals surface area (Å²) in [6.07, 6.45) is 1.09. The first-order valence-corrected chi connectivity index (χ1v) is 5.59. The molecule has 0 amide bonds. The van der Waals surface area contributed by atoms with Crippen molar-refractivity contribution in [1.82, 2.24) is 0 Å². The van der Waals surface area contributed by atoms with E-state index in [1.165, 1.54) is 16.7 Å². The number of nitrogens with two attached hydrogens (primary N) is 1. The fraction of sp³-hybridized carbons (Fsp3) is 0.538. The smallest absolute Gasteiger partial charge is 0.0513 e. The normalized spacial score (nSPS) is 23.0. The van der Waals surface area contributed by atoms with Crippen LogP contribution in [0.25, 0.3) is 0 Å². The Morgan fingerprint density at radius 3 is 2.80 bits per heavy atom. The summed E-state index contributed by atoms with van der Waals surface area (Å²) in [5.41, 5.74) is 10.1. The summed E-state index contributed by atoms with van der Waals surface area (Å²) < 4.78 is 5.38. The van der Waals surface area contributed by atoms with Gasteiger partial charge < -0.3 is 10.5 Å². The standard InChI is InChI=1S/C13H19NO/c1-9-3-4-12(10(2)7-9)13(14)11-5-6-15-8-11/h3-4,7,11,13H,5-6,8,14H2,1-2H3. The molecular formula is C13H19NO. The second-order valence-electron chi connectivity index (χ2n) is 4.51. The first kappa shape index (κ1) is 10.7. The molecule has 2 nitrogen and oxygen atoms in total. The van der Waals surface area contributed by atoms with Gasteiger partial charge in [-0.15, -0.1) is 0 Å². The van der Waals surface area contributed by atoms with Gasteiger partial charge in [0, 0.05) is 18.6 Å². The van der Waals surface area contributed by atoms with Gasteiger partial charge in [-0.05, 0) is 31.4 Å². The van der Waals surface area contributed by atoms with Crippen LogP contribution in [0.15, 0.2) is 18.2 Å². The Hall–Kier alpha value is -0.860. The van der Waals surface area contributed by atoms with Crippen molar-refractivity contribution in [2.45, 2.75) is 26.3 Å². The van der Waals surface area contributed by atoms with Crippen LogP contribution in [-0.2, 0) is 4.74 Å². The van der Waals surface area contributed by atoms with Gasteiger partial charge in [-0.1, -0.05) is 23.8 Å². The van der Waals surface area contributed by atoms with Crippen molar-refractivity contribution in [3.8, 4) is 0 Å². The SMILES string of the molecule is Cc1ccc(C(N)C2CCOC2)c(C)c1. The summed E-state index contributed by atoms with van der Waals surface area (Å²) in [4.78, 5) is 0. The fourth-order valence-electron chi connectivity index (χ4n) is 2.29. The first-order chi connectivity index (χ1) is 7.18. The second-order valence-corrected chi connectivity index (χ2v) is 4.51. The van der Waals surface area contributed by atoms with Crippen LogP contribution in [0.2, 0.25) is 0 Å². The van der Waals surface area contributed by atoms with E-state index in [1.54, 1.807) is 0 Å². The maximum atomic E-state index is 6.27. The number of hydrogen-bond donors (Lipinski definition) is 1. The molecule has 2 atom stereocenters. The van der Waals surface area contributed by atoms with Crippen LogP contribution < -0.4 is 5.73 Å². The first-order valence-electron chi connectivity index (χ1n) is 5.59. The lowest BCUT2D eigenvalue weighted by atomic mass is 9.90. The number of hydrogen-bond acceptors (Lipinski definition) is 2. The maximum Gasteiger partial charge on any atom is 0.0513 e. The molecule has 1 heterocycles. The summed E-state index contributed by atoms with van der Waals surface area (Å²) in [7, 11) is 0. The van der Waals surface area contributed by atoms with E-state index in [1.807, 2.05) is 0 Å². The van der Waals surface area contributed by atoms with E-state index in [9.17, 15) is 0 Å². The van der Waals surface area contributed by atoms with Gasteiger partial charge in [-0.2, -0.15) is 0 Å². The molecule has 0 aliphatic carbocycles. The Balaban J connectivity index is 2.20. The molecule has 0 spiro atoms. The average molecular weight is 205 g/mol. The highest BCUT2D eigenvalue weighted by Gasteiger charge is 2.24. The van der Waals surface area contributed by atoms with E-state index in [2.05, 4.69) is 32.0 Å². The largest absolute Gasteiger partial charge is 0.381 e. The van der Waals surface area contributed by atoms with Crippen molar-refractivity contribution in [2.24, 2.45) is 11.7 Å². The molecule has 2 rings (SSSR count). The Morgan fingerprint density at radius 1 is 1.40 bits per heavy atom. The lowest BCUT2D eigenvalue weighted by Crippen LogP contribution is -2.22. The van der Waals surface area contributed by atoms with Crippen molar-refractivity contribution in [3.05, 3.63) is 34.9 Å². The molecule has 1 aliphatic rings. The van der Waals surface area contributed by atoms with Crippen LogP contribution in [0.4, 0.5) is 0 Å². The molecule has 2 heteroatoms. The molecule has 0 bridgehead atoms. The Labute approximate surface area is 91.4 Å². The Bertz CT molecular complexity index is 342. The summed E-state index contributed by atoms with van der Waals surface area (Å²) in [5.74, 6) is 0.492. The predicted molar refractivity (Wildman–Crippen MR) is 61.8 cm³/mol. The van der Waals surface area contributed by atoms with Crippen LogP contribution >= 0.6 is 0 Å². The zero-order valence-electron chi connectivity index (χ0n) is 9.49. The maximum absolute atomic E-state index is 6.27. The van der Waals surface area contributed by atoms with Gasteiger partial charge in [-0.25, -0.2) is 0 Å². The Morgan fingerprint density at radius 2 is 2.20 bits per heavy atom. The third-order valence-corrected chi connectivity index (χ3v) is 3.26. The van der Waals surface area contributed by atoms with Gasteiger partial charge in [0.2, 0.25) is 0 Å². The van der Waals surface area contributed by atoms with E-state index < -0.39 is 0 Å².